The fourth-order valence-corrected chi connectivity index (χ4v) is 2.19. The van der Waals surface area contributed by atoms with Crippen LogP contribution >= 0.6 is 24.4 Å². The van der Waals surface area contributed by atoms with Crippen molar-refractivity contribution in [3.63, 3.8) is 0 Å². The van der Waals surface area contributed by atoms with Crippen LogP contribution in [0.15, 0.2) is 33.5 Å². The van der Waals surface area contributed by atoms with Crippen molar-refractivity contribution in [2.24, 2.45) is 0 Å². The Kier molecular flexibility index (Phi) is 4.85. The van der Waals surface area contributed by atoms with Gasteiger partial charge in [-0.2, -0.15) is 0 Å². The van der Waals surface area contributed by atoms with Gasteiger partial charge in [0.25, 0.3) is 0 Å². The Labute approximate surface area is 125 Å². The number of nitrogens with one attached hydrogen (secondary N) is 2. The molecule has 0 amide bonds. The highest BCUT2D eigenvalue weighted by atomic mass is 32.1. The van der Waals surface area contributed by atoms with Crippen LogP contribution in [0.1, 0.15) is 22.6 Å². The summed E-state index contributed by atoms with van der Waals surface area (Å²) >= 11 is 9.85. The number of hydroxylamine groups is 2. The second-order valence-corrected chi connectivity index (χ2v) is 4.75. The van der Waals surface area contributed by atoms with Gasteiger partial charge in [0.15, 0.2) is 21.5 Å². The van der Waals surface area contributed by atoms with E-state index in [4.69, 9.17) is 43.7 Å². The van der Waals surface area contributed by atoms with Crippen molar-refractivity contribution in [2.75, 3.05) is 0 Å². The van der Waals surface area contributed by atoms with Gasteiger partial charge in [-0.25, -0.2) is 0 Å². The fraction of sp³-hybridized carbons (Fsp3) is 0.167. The first-order chi connectivity index (χ1) is 9.67. The van der Waals surface area contributed by atoms with Gasteiger partial charge in [0.2, 0.25) is 0 Å². The lowest BCUT2D eigenvalue weighted by molar-refractivity contribution is 0.235. The third-order valence-corrected chi connectivity index (χ3v) is 3.33. The second-order valence-electron chi connectivity index (χ2n) is 3.93. The Balaban J connectivity index is 2.10. The molecule has 8 heteroatoms. The maximum Gasteiger partial charge on any atom is 0.166 e. The van der Waals surface area contributed by atoms with Crippen molar-refractivity contribution in [1.82, 2.24) is 11.0 Å². The van der Waals surface area contributed by atoms with Crippen molar-refractivity contribution < 1.29 is 19.2 Å². The number of thiocarbonyl (C=S) groups is 2. The summed E-state index contributed by atoms with van der Waals surface area (Å²) in [7, 11) is 0. The van der Waals surface area contributed by atoms with E-state index in [9.17, 15) is 0 Å². The molecule has 2 heterocycles. The van der Waals surface area contributed by atoms with Crippen LogP contribution in [0.2, 0.25) is 0 Å². The summed E-state index contributed by atoms with van der Waals surface area (Å²) in [6, 6.07) is 3.56. The molecule has 0 aliphatic rings. The Morgan fingerprint density at radius 2 is 1.30 bits per heavy atom. The minimum Gasteiger partial charge on any atom is -0.462 e. The zero-order chi connectivity index (χ0) is 14.5. The molecule has 2 aromatic rings. The molecule has 106 valence electrons. The topological polar surface area (TPSA) is 90.8 Å². The second kappa shape index (κ2) is 6.62. The summed E-state index contributed by atoms with van der Waals surface area (Å²) in [4.78, 5) is 0.259. The summed E-state index contributed by atoms with van der Waals surface area (Å²) in [5.41, 5.74) is 5.50. The van der Waals surface area contributed by atoms with E-state index in [1.54, 1.807) is 12.1 Å². The van der Waals surface area contributed by atoms with Gasteiger partial charge in [-0.05, 0) is 25.0 Å². The van der Waals surface area contributed by atoms with Gasteiger partial charge >= 0.3 is 0 Å². The van der Waals surface area contributed by atoms with E-state index in [1.165, 1.54) is 12.5 Å². The molecule has 6 nitrogen and oxygen atoms in total. The first-order valence-electron chi connectivity index (χ1n) is 5.69. The van der Waals surface area contributed by atoms with Crippen LogP contribution in [0.4, 0.5) is 0 Å². The molecule has 0 spiro atoms. The highest BCUT2D eigenvalue weighted by molar-refractivity contribution is 7.80. The minimum absolute atomic E-state index is 0.130. The third kappa shape index (κ3) is 3.05. The maximum atomic E-state index is 8.81. The standard InChI is InChI=1S/C12H12N2O4S2/c15-13-11(19)9-7(3-5-17-9)1-2-8-4-6-18-10(8)12(20)14-16/h3-6,15-16H,1-2H2,(H,13,19)(H,14,20). The zero-order valence-corrected chi connectivity index (χ0v) is 11.9. The van der Waals surface area contributed by atoms with E-state index in [-0.39, 0.29) is 9.98 Å². The molecule has 0 unspecified atom stereocenters. The molecular weight excluding hydrogens is 300 g/mol. The largest absolute Gasteiger partial charge is 0.462 e. The predicted molar refractivity (Wildman–Crippen MR) is 78.1 cm³/mol. The average Bonchev–Trinajstić information content (AvgIpc) is 3.11. The van der Waals surface area contributed by atoms with Crippen LogP contribution in [-0.4, -0.2) is 20.4 Å². The summed E-state index contributed by atoms with van der Waals surface area (Å²) in [5, 5.41) is 17.6. The lowest BCUT2D eigenvalue weighted by Crippen LogP contribution is -2.19. The molecule has 0 bridgehead atoms. The summed E-state index contributed by atoms with van der Waals surface area (Å²) in [6.07, 6.45) is 4.25. The normalized spacial score (nSPS) is 10.3. The van der Waals surface area contributed by atoms with E-state index < -0.39 is 0 Å². The van der Waals surface area contributed by atoms with E-state index in [0.717, 1.165) is 11.1 Å². The molecule has 0 aliphatic heterocycles. The van der Waals surface area contributed by atoms with Gasteiger partial charge < -0.3 is 8.83 Å². The van der Waals surface area contributed by atoms with Gasteiger partial charge in [0.1, 0.15) is 0 Å². The van der Waals surface area contributed by atoms with Crippen molar-refractivity contribution in [1.29, 1.82) is 0 Å². The number of aryl methyl sites for hydroxylation is 2. The van der Waals surface area contributed by atoms with E-state index in [0.29, 0.717) is 24.4 Å². The molecular formula is C12H12N2O4S2. The first kappa shape index (κ1) is 14.7. The summed E-state index contributed by atoms with van der Waals surface area (Å²) in [6.45, 7) is 0. The molecule has 0 radical (unpaired) electrons. The minimum atomic E-state index is 0.130. The van der Waals surface area contributed by atoms with Gasteiger partial charge in [-0.3, -0.25) is 21.4 Å². The number of hydrogen-bond donors (Lipinski definition) is 4. The number of rotatable bonds is 5. The van der Waals surface area contributed by atoms with Crippen molar-refractivity contribution in [3.8, 4) is 0 Å². The Hall–Kier alpha value is -1.74. The molecule has 4 N–H and O–H groups in total. The average molecular weight is 312 g/mol. The molecule has 0 saturated heterocycles. The lowest BCUT2D eigenvalue weighted by atomic mass is 10.1. The Morgan fingerprint density at radius 1 is 0.900 bits per heavy atom. The van der Waals surface area contributed by atoms with Crippen LogP contribution in [0, 0.1) is 0 Å². The third-order valence-electron chi connectivity index (χ3n) is 2.77. The quantitative estimate of drug-likeness (QED) is 0.492. The fourth-order valence-electron chi connectivity index (χ4n) is 1.83. The SMILES string of the molecule is ONC(=S)c1occc1CCc1ccoc1C(=S)NO. The monoisotopic (exact) mass is 312 g/mol. The van der Waals surface area contributed by atoms with Gasteiger partial charge in [-0.1, -0.05) is 24.4 Å². The molecule has 0 aromatic carbocycles. The predicted octanol–water partition coefficient (Wildman–Crippen LogP) is 1.97. The van der Waals surface area contributed by atoms with Crippen molar-refractivity contribution in [2.45, 2.75) is 12.8 Å². The van der Waals surface area contributed by atoms with Crippen LogP contribution in [0.5, 0.6) is 0 Å². The maximum absolute atomic E-state index is 8.81. The van der Waals surface area contributed by atoms with Crippen LogP contribution in [0.25, 0.3) is 0 Å². The van der Waals surface area contributed by atoms with E-state index in [1.807, 2.05) is 11.0 Å². The lowest BCUT2D eigenvalue weighted by Gasteiger charge is -2.04. The van der Waals surface area contributed by atoms with E-state index >= 15 is 0 Å². The van der Waals surface area contributed by atoms with Gasteiger partial charge in [-0.15, -0.1) is 0 Å². The smallest absolute Gasteiger partial charge is 0.166 e. The summed E-state index contributed by atoms with van der Waals surface area (Å²) in [5.74, 6) is 0.853. The molecule has 0 saturated carbocycles. The number of furan rings is 2. The van der Waals surface area contributed by atoms with Gasteiger partial charge in [0, 0.05) is 11.1 Å². The van der Waals surface area contributed by atoms with Gasteiger partial charge in [0.05, 0.1) is 12.5 Å². The van der Waals surface area contributed by atoms with Crippen LogP contribution in [0.3, 0.4) is 0 Å². The summed E-state index contributed by atoms with van der Waals surface area (Å²) < 4.78 is 10.4. The molecule has 0 atom stereocenters. The molecule has 2 aromatic heterocycles. The Morgan fingerprint density at radius 3 is 1.65 bits per heavy atom. The zero-order valence-electron chi connectivity index (χ0n) is 10.3. The van der Waals surface area contributed by atoms with Crippen LogP contribution < -0.4 is 11.0 Å². The molecule has 20 heavy (non-hydrogen) atoms. The highest BCUT2D eigenvalue weighted by Crippen LogP contribution is 2.17. The highest BCUT2D eigenvalue weighted by Gasteiger charge is 2.15. The molecule has 2 rings (SSSR count). The van der Waals surface area contributed by atoms with E-state index in [2.05, 4.69) is 0 Å². The van der Waals surface area contributed by atoms with Crippen molar-refractivity contribution >= 4 is 34.4 Å². The number of hydrogen-bond acceptors (Lipinski definition) is 6. The van der Waals surface area contributed by atoms with Crippen molar-refractivity contribution in [3.05, 3.63) is 47.3 Å². The first-order valence-corrected chi connectivity index (χ1v) is 6.50. The van der Waals surface area contributed by atoms with Crippen LogP contribution in [-0.2, 0) is 12.8 Å². The molecule has 0 aliphatic carbocycles. The Bertz CT molecular complexity index is 566. The molecule has 0 fully saturated rings.